The molecule has 1 aliphatic rings. The second kappa shape index (κ2) is 8.95. The molecule has 0 N–H and O–H groups in total. The average Bonchev–Trinajstić information content (AvgIpc) is 2.80. The van der Waals surface area contributed by atoms with Gasteiger partial charge in [-0.1, -0.05) is 13.8 Å². The van der Waals surface area contributed by atoms with Crippen molar-refractivity contribution < 1.29 is 14.3 Å². The third kappa shape index (κ3) is 4.78. The molecule has 1 atom stereocenters. The first-order chi connectivity index (χ1) is 9.63. The number of amides is 2. The van der Waals surface area contributed by atoms with Crippen molar-refractivity contribution in [3.05, 3.63) is 0 Å². The Morgan fingerprint density at radius 3 is 2.55 bits per heavy atom. The number of hydrogen-bond donors (Lipinski definition) is 0. The van der Waals surface area contributed by atoms with Crippen LogP contribution in [0, 0.1) is 5.92 Å². The molecule has 1 heterocycles. The van der Waals surface area contributed by atoms with Crippen molar-refractivity contribution >= 4 is 11.8 Å². The molecule has 0 aromatic heterocycles. The highest BCUT2D eigenvalue weighted by atomic mass is 16.5. The van der Waals surface area contributed by atoms with Crippen LogP contribution >= 0.6 is 0 Å². The number of carbonyl (C=O) groups is 2. The lowest BCUT2D eigenvalue weighted by Gasteiger charge is -2.24. The maximum Gasteiger partial charge on any atom is 0.227 e. The van der Waals surface area contributed by atoms with Crippen LogP contribution in [0.15, 0.2) is 0 Å². The highest BCUT2D eigenvalue weighted by Crippen LogP contribution is 2.20. The molecule has 2 amide bonds. The number of nitrogens with zero attached hydrogens (tertiary/aromatic N) is 2. The van der Waals surface area contributed by atoms with Crippen molar-refractivity contribution in [2.45, 2.75) is 39.5 Å². The van der Waals surface area contributed by atoms with Crippen LogP contribution in [0.2, 0.25) is 0 Å². The molecule has 0 saturated carbocycles. The first-order valence-corrected chi connectivity index (χ1v) is 7.69. The molecule has 0 bridgehead atoms. The minimum absolute atomic E-state index is 0.104. The Morgan fingerprint density at radius 2 is 2.00 bits per heavy atom. The minimum Gasteiger partial charge on any atom is -0.385 e. The molecular weight excluding hydrogens is 256 g/mol. The Kier molecular flexibility index (Phi) is 7.59. The molecule has 1 unspecified atom stereocenters. The van der Waals surface area contributed by atoms with E-state index < -0.39 is 0 Å². The fourth-order valence-electron chi connectivity index (χ4n) is 2.68. The van der Waals surface area contributed by atoms with Gasteiger partial charge >= 0.3 is 0 Å². The largest absolute Gasteiger partial charge is 0.385 e. The summed E-state index contributed by atoms with van der Waals surface area (Å²) in [6.45, 7) is 7.66. The smallest absolute Gasteiger partial charge is 0.227 e. The lowest BCUT2D eigenvalue weighted by molar-refractivity contribution is -0.136. The van der Waals surface area contributed by atoms with Crippen molar-refractivity contribution in [2.75, 3.05) is 39.9 Å². The number of rotatable bonds is 9. The monoisotopic (exact) mass is 284 g/mol. The second-order valence-electron chi connectivity index (χ2n) is 5.41. The molecule has 0 aromatic rings. The molecule has 0 aliphatic carbocycles. The fourth-order valence-corrected chi connectivity index (χ4v) is 2.68. The maximum absolute atomic E-state index is 12.5. The Balaban J connectivity index is 2.51. The van der Waals surface area contributed by atoms with Gasteiger partial charge in [0.2, 0.25) is 11.8 Å². The number of ether oxygens (including phenoxy) is 1. The average molecular weight is 284 g/mol. The van der Waals surface area contributed by atoms with E-state index in [-0.39, 0.29) is 17.7 Å². The van der Waals surface area contributed by atoms with Gasteiger partial charge in [0.25, 0.3) is 0 Å². The van der Waals surface area contributed by atoms with Crippen LogP contribution in [0.3, 0.4) is 0 Å². The van der Waals surface area contributed by atoms with E-state index in [1.807, 2.05) is 4.90 Å². The molecular formula is C15H28N2O3. The second-order valence-corrected chi connectivity index (χ2v) is 5.41. The zero-order valence-corrected chi connectivity index (χ0v) is 13.1. The lowest BCUT2D eigenvalue weighted by atomic mass is 10.1. The highest BCUT2D eigenvalue weighted by molar-refractivity contribution is 5.89. The van der Waals surface area contributed by atoms with Crippen LogP contribution < -0.4 is 0 Å². The summed E-state index contributed by atoms with van der Waals surface area (Å²) in [7, 11) is 1.66. The first kappa shape index (κ1) is 17.0. The van der Waals surface area contributed by atoms with E-state index in [9.17, 15) is 9.59 Å². The number of likely N-dealkylation sites (tertiary alicyclic amines) is 1. The van der Waals surface area contributed by atoms with E-state index >= 15 is 0 Å². The van der Waals surface area contributed by atoms with E-state index in [0.29, 0.717) is 26.1 Å². The molecule has 5 heteroatoms. The Hall–Kier alpha value is -1.10. The van der Waals surface area contributed by atoms with Gasteiger partial charge in [0.05, 0.1) is 5.92 Å². The van der Waals surface area contributed by atoms with Crippen molar-refractivity contribution in [1.29, 1.82) is 0 Å². The lowest BCUT2D eigenvalue weighted by Crippen LogP contribution is -2.38. The first-order valence-electron chi connectivity index (χ1n) is 7.69. The fraction of sp³-hybridized carbons (Fsp3) is 0.867. The van der Waals surface area contributed by atoms with Gasteiger partial charge < -0.3 is 14.5 Å². The zero-order valence-electron chi connectivity index (χ0n) is 13.1. The van der Waals surface area contributed by atoms with E-state index in [0.717, 1.165) is 32.4 Å². The van der Waals surface area contributed by atoms with E-state index in [4.69, 9.17) is 4.74 Å². The normalized spacial score (nSPS) is 18.6. The van der Waals surface area contributed by atoms with Crippen molar-refractivity contribution in [3.8, 4) is 0 Å². The number of methoxy groups -OCH3 is 1. The predicted molar refractivity (Wildman–Crippen MR) is 78.3 cm³/mol. The Bertz CT molecular complexity index is 314. The van der Waals surface area contributed by atoms with Gasteiger partial charge in [-0.15, -0.1) is 0 Å². The molecule has 1 saturated heterocycles. The van der Waals surface area contributed by atoms with Gasteiger partial charge in [0.1, 0.15) is 0 Å². The molecule has 1 rings (SSSR count). The highest BCUT2D eigenvalue weighted by Gasteiger charge is 2.35. The van der Waals surface area contributed by atoms with Crippen LogP contribution in [0.1, 0.15) is 39.5 Å². The van der Waals surface area contributed by atoms with Gasteiger partial charge in [-0.05, 0) is 19.3 Å². The van der Waals surface area contributed by atoms with E-state index in [1.165, 1.54) is 0 Å². The summed E-state index contributed by atoms with van der Waals surface area (Å²) in [4.78, 5) is 28.1. The van der Waals surface area contributed by atoms with E-state index in [2.05, 4.69) is 13.8 Å². The minimum atomic E-state index is -0.150. The summed E-state index contributed by atoms with van der Waals surface area (Å²) in [5.74, 6) is 0.104. The van der Waals surface area contributed by atoms with Gasteiger partial charge in [-0.2, -0.15) is 0 Å². The third-order valence-corrected chi connectivity index (χ3v) is 3.64. The van der Waals surface area contributed by atoms with Crippen molar-refractivity contribution in [1.82, 2.24) is 9.80 Å². The summed E-state index contributed by atoms with van der Waals surface area (Å²) >= 11 is 0. The van der Waals surface area contributed by atoms with Crippen LogP contribution in [0.25, 0.3) is 0 Å². The summed E-state index contributed by atoms with van der Waals surface area (Å²) < 4.78 is 5.00. The van der Waals surface area contributed by atoms with Crippen LogP contribution in [0.5, 0.6) is 0 Å². The topological polar surface area (TPSA) is 49.9 Å². The molecule has 0 aromatic carbocycles. The molecule has 1 fully saturated rings. The van der Waals surface area contributed by atoms with Crippen LogP contribution in [0.4, 0.5) is 0 Å². The summed E-state index contributed by atoms with van der Waals surface area (Å²) in [5.41, 5.74) is 0. The zero-order chi connectivity index (χ0) is 15.0. The Morgan fingerprint density at radius 1 is 1.35 bits per heavy atom. The van der Waals surface area contributed by atoms with Crippen molar-refractivity contribution in [2.24, 2.45) is 5.92 Å². The molecule has 1 aliphatic heterocycles. The molecule has 0 radical (unpaired) electrons. The molecule has 116 valence electrons. The number of carbonyl (C=O) groups excluding carboxylic acids is 2. The summed E-state index contributed by atoms with van der Waals surface area (Å²) in [5, 5.41) is 0. The van der Waals surface area contributed by atoms with Crippen molar-refractivity contribution in [3.63, 3.8) is 0 Å². The quantitative estimate of drug-likeness (QED) is 0.603. The van der Waals surface area contributed by atoms with Gasteiger partial charge in [-0.25, -0.2) is 0 Å². The van der Waals surface area contributed by atoms with Crippen LogP contribution in [-0.2, 0) is 14.3 Å². The summed E-state index contributed by atoms with van der Waals surface area (Å²) in [6.07, 6.45) is 3.13. The van der Waals surface area contributed by atoms with Gasteiger partial charge in [0, 0.05) is 46.3 Å². The molecule has 20 heavy (non-hydrogen) atoms. The van der Waals surface area contributed by atoms with E-state index in [1.54, 1.807) is 12.0 Å². The maximum atomic E-state index is 12.5. The standard InChI is InChI=1S/C15H28N2O3/c1-4-7-16(8-5-2)15(19)13-11-14(18)17(12-13)9-6-10-20-3/h13H,4-12H2,1-3H3. The van der Waals surface area contributed by atoms with Gasteiger partial charge in [-0.3, -0.25) is 9.59 Å². The van der Waals surface area contributed by atoms with Gasteiger partial charge in [0.15, 0.2) is 0 Å². The summed E-state index contributed by atoms with van der Waals surface area (Å²) in [6, 6.07) is 0. The van der Waals surface area contributed by atoms with Crippen LogP contribution in [-0.4, -0.2) is 61.5 Å². The molecule has 0 spiro atoms. The Labute approximate surface area is 122 Å². The SMILES string of the molecule is CCCN(CCC)C(=O)C1CC(=O)N(CCCOC)C1. The predicted octanol–water partition coefficient (Wildman–Crippen LogP) is 1.52. The number of hydrogen-bond acceptors (Lipinski definition) is 3. The molecule has 5 nitrogen and oxygen atoms in total. The third-order valence-electron chi connectivity index (χ3n) is 3.64.